The molecule has 43 heavy (non-hydrogen) atoms. The molecule has 0 bridgehead atoms. The van der Waals surface area contributed by atoms with Gasteiger partial charge >= 0.3 is 10.4 Å². The Bertz CT molecular complexity index is 532. The first kappa shape index (κ1) is 47.2. The lowest BCUT2D eigenvalue weighted by molar-refractivity contribution is 0.125. The lowest BCUT2D eigenvalue weighted by Crippen LogP contribution is -1.97. The summed E-state index contributed by atoms with van der Waals surface area (Å²) >= 11 is 0. The van der Waals surface area contributed by atoms with Crippen molar-refractivity contribution in [3.63, 3.8) is 0 Å². The van der Waals surface area contributed by atoms with Crippen LogP contribution in [0, 0.1) is 0 Å². The smallest absolute Gasteiger partial charge is 0.381 e. The second-order valence-corrected chi connectivity index (χ2v) is 13.6. The summed E-state index contributed by atoms with van der Waals surface area (Å²) in [5, 5.41) is 0. The van der Waals surface area contributed by atoms with Crippen molar-refractivity contribution in [2.24, 2.45) is 0 Å². The first-order valence-electron chi connectivity index (χ1n) is 18.7. The third kappa shape index (κ3) is 57.9. The Morgan fingerprint density at radius 1 is 0.349 bits per heavy atom. The number of unbranched alkanes of at least 4 members (excludes halogenated alkanes) is 30. The predicted molar refractivity (Wildman–Crippen MR) is 189 cm³/mol. The molecular formula is C36H79NO5S. The van der Waals surface area contributed by atoms with Gasteiger partial charge in [0.2, 0.25) is 0 Å². The number of rotatable bonds is 34. The fraction of sp³-hybridized carbons (Fsp3) is 1.00. The van der Waals surface area contributed by atoms with Crippen LogP contribution in [-0.2, 0) is 15.1 Å². The van der Waals surface area contributed by atoms with E-state index in [-0.39, 0.29) is 6.15 Å². The van der Waals surface area contributed by atoms with Crippen molar-refractivity contribution in [3.05, 3.63) is 0 Å². The molecule has 0 heterocycles. The average Bonchev–Trinajstić information content (AvgIpc) is 2.94. The van der Waals surface area contributed by atoms with Crippen LogP contribution in [0.1, 0.15) is 219 Å². The summed E-state index contributed by atoms with van der Waals surface area (Å²) in [7, 11) is -4.67. The van der Waals surface area contributed by atoms with E-state index >= 15 is 0 Å². The van der Waals surface area contributed by atoms with E-state index in [0.717, 1.165) is 13.2 Å². The molecule has 0 aromatic rings. The molecule has 0 saturated carbocycles. The van der Waals surface area contributed by atoms with Gasteiger partial charge in [0.1, 0.15) is 0 Å². The van der Waals surface area contributed by atoms with E-state index < -0.39 is 10.4 Å². The molecule has 0 aromatic heterocycles. The summed E-state index contributed by atoms with van der Waals surface area (Å²) in [6, 6.07) is 0. The van der Waals surface area contributed by atoms with Crippen LogP contribution in [0.3, 0.4) is 0 Å². The van der Waals surface area contributed by atoms with Crippen molar-refractivity contribution in [1.29, 1.82) is 0 Å². The van der Waals surface area contributed by atoms with Gasteiger partial charge in [-0.15, -0.1) is 0 Å². The van der Waals surface area contributed by atoms with Gasteiger partial charge in [-0.1, -0.05) is 206 Å². The maximum atomic E-state index is 8.74. The Balaban J connectivity index is -0.00000244. The normalized spacial score (nSPS) is 11.3. The molecule has 0 aliphatic rings. The quantitative estimate of drug-likeness (QED) is 0.0477. The minimum Gasteiger partial charge on any atom is -0.381 e. The lowest BCUT2D eigenvalue weighted by atomic mass is 10.0. The largest absolute Gasteiger partial charge is 0.394 e. The fourth-order valence-corrected chi connectivity index (χ4v) is 5.61. The van der Waals surface area contributed by atoms with Gasteiger partial charge in [0.15, 0.2) is 0 Å². The highest BCUT2D eigenvalue weighted by molar-refractivity contribution is 7.79. The Morgan fingerprint density at radius 2 is 0.488 bits per heavy atom. The Morgan fingerprint density at radius 3 is 0.651 bits per heavy atom. The van der Waals surface area contributed by atoms with Crippen LogP contribution in [0.15, 0.2) is 0 Å². The molecule has 7 heteroatoms. The molecule has 0 amide bonds. The van der Waals surface area contributed by atoms with Gasteiger partial charge in [-0.25, -0.2) is 0 Å². The number of hydrogen-bond donors (Lipinski definition) is 3. The van der Waals surface area contributed by atoms with Gasteiger partial charge < -0.3 is 10.9 Å². The molecule has 0 aliphatic carbocycles. The van der Waals surface area contributed by atoms with Gasteiger partial charge in [0, 0.05) is 13.2 Å². The molecule has 0 saturated heterocycles. The number of ether oxygens (including phenoxy) is 1. The van der Waals surface area contributed by atoms with E-state index in [1.165, 1.54) is 205 Å². The number of hydrogen-bond acceptors (Lipinski definition) is 4. The van der Waals surface area contributed by atoms with Crippen LogP contribution in [0.2, 0.25) is 0 Å². The van der Waals surface area contributed by atoms with Gasteiger partial charge in [0.25, 0.3) is 0 Å². The molecule has 5 N–H and O–H groups in total. The lowest BCUT2D eigenvalue weighted by Gasteiger charge is -2.06. The minimum atomic E-state index is -4.67. The highest BCUT2D eigenvalue weighted by atomic mass is 32.3. The van der Waals surface area contributed by atoms with Gasteiger partial charge in [-0.05, 0) is 12.8 Å². The molecule has 0 radical (unpaired) electrons. The molecule has 0 spiro atoms. The molecule has 6 nitrogen and oxygen atoms in total. The Kier molecular flexibility index (Phi) is 45.9. The third-order valence-electron chi connectivity index (χ3n) is 8.28. The molecule has 0 aliphatic heterocycles. The maximum absolute atomic E-state index is 8.74. The van der Waals surface area contributed by atoms with Crippen LogP contribution in [0.4, 0.5) is 0 Å². The van der Waals surface area contributed by atoms with Crippen LogP contribution in [0.25, 0.3) is 0 Å². The van der Waals surface area contributed by atoms with E-state index in [4.69, 9.17) is 22.3 Å². The van der Waals surface area contributed by atoms with E-state index in [2.05, 4.69) is 13.8 Å². The monoisotopic (exact) mass is 638 g/mol. The van der Waals surface area contributed by atoms with Crippen molar-refractivity contribution in [3.8, 4) is 0 Å². The van der Waals surface area contributed by atoms with Crippen molar-refractivity contribution in [2.75, 3.05) is 13.2 Å². The second kappa shape index (κ2) is 41.8. The van der Waals surface area contributed by atoms with Crippen LogP contribution < -0.4 is 6.15 Å². The zero-order chi connectivity index (χ0) is 31.2. The molecule has 0 rings (SSSR count). The second-order valence-electron chi connectivity index (χ2n) is 12.7. The molecule has 0 atom stereocenters. The van der Waals surface area contributed by atoms with Crippen LogP contribution in [0.5, 0.6) is 0 Å². The summed E-state index contributed by atoms with van der Waals surface area (Å²) in [6.45, 7) is 6.60. The highest BCUT2D eigenvalue weighted by Gasteiger charge is 1.97. The SMILES string of the molecule is CCCCCCCCCCCCCCCCCCOCCCCCCCCCCCCCCCCCC.N.O=S(=O)(O)O. The fourth-order valence-electron chi connectivity index (χ4n) is 5.61. The summed E-state index contributed by atoms with van der Waals surface area (Å²) < 4.78 is 37.5. The topological polar surface area (TPSA) is 119 Å². The van der Waals surface area contributed by atoms with Crippen LogP contribution in [-0.4, -0.2) is 30.7 Å². The highest BCUT2D eigenvalue weighted by Crippen LogP contribution is 2.15. The first-order valence-corrected chi connectivity index (χ1v) is 20.1. The predicted octanol–water partition coefficient (Wildman–Crippen LogP) is 13.0. The summed E-state index contributed by atoms with van der Waals surface area (Å²) in [4.78, 5) is 0. The summed E-state index contributed by atoms with van der Waals surface area (Å²) in [5.41, 5.74) is 0. The van der Waals surface area contributed by atoms with Gasteiger partial charge in [-0.2, -0.15) is 8.42 Å². The minimum absolute atomic E-state index is 0. The average molecular weight is 638 g/mol. The van der Waals surface area contributed by atoms with E-state index in [0.29, 0.717) is 0 Å². The van der Waals surface area contributed by atoms with Gasteiger partial charge in [0.05, 0.1) is 0 Å². The molecule has 0 aromatic carbocycles. The molecule has 0 unspecified atom stereocenters. The standard InChI is InChI=1S/C36H74O.H3N.H2O4S/c1-3-5-7-9-11-13-15-17-19-21-23-25-27-29-31-33-35-37-36-34-32-30-28-26-24-22-20-18-16-14-12-10-8-6-4-2;;1-5(2,3)4/h3-36H2,1-2H3;1H3;(H2,1,2,3,4). The Labute approximate surface area is 270 Å². The zero-order valence-electron chi connectivity index (χ0n) is 29.3. The van der Waals surface area contributed by atoms with Crippen molar-refractivity contribution < 1.29 is 22.3 Å². The molecule has 0 fully saturated rings. The summed E-state index contributed by atoms with van der Waals surface area (Å²) in [6.07, 6.45) is 46.0. The van der Waals surface area contributed by atoms with E-state index in [1.807, 2.05) is 0 Å². The van der Waals surface area contributed by atoms with Crippen molar-refractivity contribution >= 4 is 10.4 Å². The maximum Gasteiger partial charge on any atom is 0.394 e. The first-order chi connectivity index (χ1) is 20.4. The summed E-state index contributed by atoms with van der Waals surface area (Å²) in [5.74, 6) is 0. The van der Waals surface area contributed by atoms with Gasteiger partial charge in [-0.3, -0.25) is 9.11 Å². The molecular weight excluding hydrogens is 558 g/mol. The Hall–Kier alpha value is -0.210. The van der Waals surface area contributed by atoms with Crippen LogP contribution >= 0.6 is 0 Å². The van der Waals surface area contributed by atoms with Crippen molar-refractivity contribution in [1.82, 2.24) is 6.15 Å². The zero-order valence-corrected chi connectivity index (χ0v) is 30.1. The molecule has 264 valence electrons. The third-order valence-corrected chi connectivity index (χ3v) is 8.28. The van der Waals surface area contributed by atoms with E-state index in [1.54, 1.807) is 0 Å². The van der Waals surface area contributed by atoms with E-state index in [9.17, 15) is 0 Å². The van der Waals surface area contributed by atoms with Crippen molar-refractivity contribution in [2.45, 2.75) is 219 Å².